The van der Waals surface area contributed by atoms with Crippen LogP contribution in [-0.2, 0) is 0 Å². The summed E-state index contributed by atoms with van der Waals surface area (Å²) in [6.07, 6.45) is 4.39. The molecule has 1 aromatic heterocycles. The van der Waals surface area contributed by atoms with Gasteiger partial charge in [-0.15, -0.1) is 0 Å². The highest BCUT2D eigenvalue weighted by atomic mass is 19.1. The van der Waals surface area contributed by atoms with Gasteiger partial charge in [0.1, 0.15) is 5.82 Å². The lowest BCUT2D eigenvalue weighted by Crippen LogP contribution is -2.23. The lowest BCUT2D eigenvalue weighted by atomic mass is 10.1. The Balaban J connectivity index is 2.69. The average molecular weight is 212 g/mol. The molecule has 0 aliphatic rings. The second-order valence-electron chi connectivity index (χ2n) is 3.46. The van der Waals surface area contributed by atoms with E-state index in [1.165, 1.54) is 12.3 Å². The first kappa shape index (κ1) is 12.1. The summed E-state index contributed by atoms with van der Waals surface area (Å²) in [7, 11) is 0. The topological polar surface area (TPSA) is 45.1 Å². The molecule has 0 saturated carbocycles. The number of rotatable bonds is 6. The molecule has 0 saturated heterocycles. The molecule has 0 fully saturated rings. The standard InChI is InChI=1S/C11H17FN2O/c1-2-4-14-11(3-5-15)9-6-10(12)8-13-7-9/h6-8,11,14-15H,2-5H2,1H3. The molecule has 1 heterocycles. The van der Waals surface area contributed by atoms with E-state index < -0.39 is 0 Å². The van der Waals surface area contributed by atoms with Crippen LogP contribution in [0.3, 0.4) is 0 Å². The van der Waals surface area contributed by atoms with Gasteiger partial charge in [0.25, 0.3) is 0 Å². The van der Waals surface area contributed by atoms with Gasteiger partial charge in [0, 0.05) is 18.8 Å². The van der Waals surface area contributed by atoms with Crippen molar-refractivity contribution in [1.29, 1.82) is 0 Å². The molecular formula is C11H17FN2O. The molecule has 1 atom stereocenters. The van der Waals surface area contributed by atoms with Gasteiger partial charge in [-0.1, -0.05) is 6.92 Å². The number of hydrogen-bond acceptors (Lipinski definition) is 3. The van der Waals surface area contributed by atoms with Crippen LogP contribution in [0.5, 0.6) is 0 Å². The number of nitrogens with one attached hydrogen (secondary N) is 1. The Bertz CT molecular complexity index is 294. The summed E-state index contributed by atoms with van der Waals surface area (Å²) in [6.45, 7) is 2.99. The van der Waals surface area contributed by atoms with Crippen molar-refractivity contribution in [1.82, 2.24) is 10.3 Å². The Morgan fingerprint density at radius 2 is 2.33 bits per heavy atom. The second-order valence-corrected chi connectivity index (χ2v) is 3.46. The highest BCUT2D eigenvalue weighted by molar-refractivity contribution is 5.15. The van der Waals surface area contributed by atoms with E-state index in [4.69, 9.17) is 5.11 Å². The second kappa shape index (κ2) is 6.48. The zero-order valence-electron chi connectivity index (χ0n) is 8.91. The molecule has 3 nitrogen and oxygen atoms in total. The molecule has 0 spiro atoms. The number of pyridine rings is 1. The third-order valence-electron chi connectivity index (χ3n) is 2.19. The molecule has 2 N–H and O–H groups in total. The number of aliphatic hydroxyl groups is 1. The van der Waals surface area contributed by atoms with Crippen LogP contribution in [0.1, 0.15) is 31.4 Å². The summed E-state index contributed by atoms with van der Waals surface area (Å²) in [5, 5.41) is 12.2. The maximum absolute atomic E-state index is 12.9. The Morgan fingerprint density at radius 3 is 2.93 bits per heavy atom. The maximum atomic E-state index is 12.9. The van der Waals surface area contributed by atoms with Crippen LogP contribution in [0.25, 0.3) is 0 Å². The molecule has 84 valence electrons. The van der Waals surface area contributed by atoms with Gasteiger partial charge in [0.05, 0.1) is 6.20 Å². The van der Waals surface area contributed by atoms with Crippen molar-refractivity contribution in [3.05, 3.63) is 29.8 Å². The van der Waals surface area contributed by atoms with Crippen molar-refractivity contribution in [2.45, 2.75) is 25.8 Å². The monoisotopic (exact) mass is 212 g/mol. The molecule has 0 bridgehead atoms. The lowest BCUT2D eigenvalue weighted by molar-refractivity contribution is 0.265. The first-order valence-corrected chi connectivity index (χ1v) is 5.22. The van der Waals surface area contributed by atoms with E-state index in [2.05, 4.69) is 17.2 Å². The predicted molar refractivity (Wildman–Crippen MR) is 56.9 cm³/mol. The SMILES string of the molecule is CCCNC(CCO)c1cncc(F)c1. The quantitative estimate of drug-likeness (QED) is 0.753. The molecule has 1 rings (SSSR count). The summed E-state index contributed by atoms with van der Waals surface area (Å²) in [4.78, 5) is 3.80. The van der Waals surface area contributed by atoms with Gasteiger partial charge in [-0.25, -0.2) is 4.39 Å². The lowest BCUT2D eigenvalue weighted by Gasteiger charge is -2.17. The fraction of sp³-hybridized carbons (Fsp3) is 0.545. The van der Waals surface area contributed by atoms with Gasteiger partial charge in [-0.3, -0.25) is 4.98 Å². The Labute approximate surface area is 89.4 Å². The van der Waals surface area contributed by atoms with Gasteiger partial charge in [0.15, 0.2) is 0 Å². The minimum absolute atomic E-state index is 0.0156. The molecular weight excluding hydrogens is 195 g/mol. The van der Waals surface area contributed by atoms with Gasteiger partial charge in [-0.05, 0) is 31.0 Å². The third kappa shape index (κ3) is 3.93. The normalized spacial score (nSPS) is 12.7. The molecule has 0 aliphatic heterocycles. The highest BCUT2D eigenvalue weighted by Crippen LogP contribution is 2.16. The molecule has 1 aromatic rings. The minimum atomic E-state index is -0.339. The van der Waals surface area contributed by atoms with Crippen LogP contribution in [0.4, 0.5) is 4.39 Å². The summed E-state index contributed by atoms with van der Waals surface area (Å²) in [6, 6.07) is 1.44. The average Bonchev–Trinajstić information content (AvgIpc) is 2.24. The van der Waals surface area contributed by atoms with Crippen LogP contribution in [0, 0.1) is 5.82 Å². The fourth-order valence-electron chi connectivity index (χ4n) is 1.45. The zero-order valence-corrected chi connectivity index (χ0v) is 8.91. The molecule has 1 unspecified atom stereocenters. The van der Waals surface area contributed by atoms with Crippen molar-refractivity contribution in [3.8, 4) is 0 Å². The van der Waals surface area contributed by atoms with Crippen LogP contribution < -0.4 is 5.32 Å². The predicted octanol–water partition coefficient (Wildman–Crippen LogP) is 1.64. The van der Waals surface area contributed by atoms with Crippen molar-refractivity contribution in [3.63, 3.8) is 0 Å². The Kier molecular flexibility index (Phi) is 5.21. The number of hydrogen-bond donors (Lipinski definition) is 2. The Morgan fingerprint density at radius 1 is 1.53 bits per heavy atom. The van der Waals surface area contributed by atoms with Crippen LogP contribution in [-0.4, -0.2) is 23.2 Å². The molecule has 4 heteroatoms. The van der Waals surface area contributed by atoms with Crippen LogP contribution in [0.15, 0.2) is 18.5 Å². The number of aliphatic hydroxyl groups excluding tert-OH is 1. The van der Waals surface area contributed by atoms with E-state index in [1.54, 1.807) is 6.20 Å². The molecule has 0 radical (unpaired) electrons. The number of halogens is 1. The van der Waals surface area contributed by atoms with Crippen LogP contribution >= 0.6 is 0 Å². The van der Waals surface area contributed by atoms with E-state index in [-0.39, 0.29) is 18.5 Å². The summed E-state index contributed by atoms with van der Waals surface area (Å²) >= 11 is 0. The number of aromatic nitrogens is 1. The summed E-state index contributed by atoms with van der Waals surface area (Å²) < 4.78 is 12.9. The highest BCUT2D eigenvalue weighted by Gasteiger charge is 2.10. The van der Waals surface area contributed by atoms with E-state index >= 15 is 0 Å². The van der Waals surface area contributed by atoms with Crippen LogP contribution in [0.2, 0.25) is 0 Å². The van der Waals surface area contributed by atoms with Gasteiger partial charge in [-0.2, -0.15) is 0 Å². The van der Waals surface area contributed by atoms with E-state index in [0.29, 0.717) is 6.42 Å². The van der Waals surface area contributed by atoms with Crippen molar-refractivity contribution in [2.24, 2.45) is 0 Å². The molecule has 0 aliphatic carbocycles. The molecule has 0 amide bonds. The van der Waals surface area contributed by atoms with E-state index in [0.717, 1.165) is 18.5 Å². The minimum Gasteiger partial charge on any atom is -0.396 e. The van der Waals surface area contributed by atoms with Gasteiger partial charge >= 0.3 is 0 Å². The molecule has 0 aromatic carbocycles. The van der Waals surface area contributed by atoms with Gasteiger partial charge in [0.2, 0.25) is 0 Å². The first-order chi connectivity index (χ1) is 7.27. The van der Waals surface area contributed by atoms with Crippen molar-refractivity contribution in [2.75, 3.05) is 13.2 Å². The van der Waals surface area contributed by atoms with Gasteiger partial charge < -0.3 is 10.4 Å². The zero-order chi connectivity index (χ0) is 11.1. The summed E-state index contributed by atoms with van der Waals surface area (Å²) in [5.74, 6) is -0.339. The Hall–Kier alpha value is -1.00. The third-order valence-corrected chi connectivity index (χ3v) is 2.19. The maximum Gasteiger partial charge on any atom is 0.141 e. The largest absolute Gasteiger partial charge is 0.396 e. The van der Waals surface area contributed by atoms with Crippen molar-refractivity contribution >= 4 is 0 Å². The molecule has 15 heavy (non-hydrogen) atoms. The van der Waals surface area contributed by atoms with Crippen molar-refractivity contribution < 1.29 is 9.50 Å². The van der Waals surface area contributed by atoms with E-state index in [1.807, 2.05) is 0 Å². The smallest absolute Gasteiger partial charge is 0.141 e. The van der Waals surface area contributed by atoms with E-state index in [9.17, 15) is 4.39 Å². The number of nitrogens with zero attached hydrogens (tertiary/aromatic N) is 1. The first-order valence-electron chi connectivity index (χ1n) is 5.22. The fourth-order valence-corrected chi connectivity index (χ4v) is 1.45. The summed E-state index contributed by atoms with van der Waals surface area (Å²) in [5.41, 5.74) is 0.789.